The predicted octanol–water partition coefficient (Wildman–Crippen LogP) is 3.38. The van der Waals surface area contributed by atoms with Crippen LogP contribution in [-0.4, -0.2) is 35.3 Å². The molecule has 2 atom stereocenters. The van der Waals surface area contributed by atoms with Crippen molar-refractivity contribution >= 4 is 54.0 Å². The Bertz CT molecular complexity index is 1430. The van der Waals surface area contributed by atoms with E-state index in [0.717, 1.165) is 33.2 Å². The fourth-order valence-electron chi connectivity index (χ4n) is 3.63. The Morgan fingerprint density at radius 3 is 2.64 bits per heavy atom. The van der Waals surface area contributed by atoms with Crippen LogP contribution in [0, 0.1) is 11.3 Å². The van der Waals surface area contributed by atoms with Crippen LogP contribution >= 0.6 is 11.6 Å². The fourth-order valence-corrected chi connectivity index (χ4v) is 7.07. The minimum absolute atomic E-state index is 0.0397. The summed E-state index contributed by atoms with van der Waals surface area (Å²) in [6.45, 7) is 4.30. The number of hydrogen-bond acceptors (Lipinski definition) is 6. The van der Waals surface area contributed by atoms with Gasteiger partial charge in [0.1, 0.15) is 0 Å². The summed E-state index contributed by atoms with van der Waals surface area (Å²) in [4.78, 5) is 25.7. The van der Waals surface area contributed by atoms with Crippen molar-refractivity contribution in [3.05, 3.63) is 81.9 Å². The van der Waals surface area contributed by atoms with Crippen molar-refractivity contribution in [3.63, 3.8) is 0 Å². The van der Waals surface area contributed by atoms with Gasteiger partial charge in [0.05, 0.1) is 0 Å². The van der Waals surface area contributed by atoms with Gasteiger partial charge in [-0.2, -0.15) is 0 Å². The molecule has 0 saturated carbocycles. The van der Waals surface area contributed by atoms with Crippen LogP contribution in [0.1, 0.15) is 31.7 Å². The molecule has 0 aliphatic carbocycles. The van der Waals surface area contributed by atoms with Gasteiger partial charge < -0.3 is 0 Å². The van der Waals surface area contributed by atoms with E-state index < -0.39 is 15.8 Å². The molecule has 166 valence electrons. The van der Waals surface area contributed by atoms with Crippen LogP contribution < -0.4 is 15.2 Å². The number of benzene rings is 1. The summed E-state index contributed by atoms with van der Waals surface area (Å²) in [6, 6.07) is 13.2. The molecule has 0 spiro atoms. The van der Waals surface area contributed by atoms with Gasteiger partial charge in [0.25, 0.3) is 0 Å². The van der Waals surface area contributed by atoms with E-state index in [2.05, 4.69) is 40.2 Å². The number of aryl methyl sites for hydroxylation is 1. The van der Waals surface area contributed by atoms with Crippen molar-refractivity contribution in [2.24, 2.45) is 7.05 Å². The van der Waals surface area contributed by atoms with Gasteiger partial charge in [-0.25, -0.2) is 0 Å². The number of hydrogen-bond donors (Lipinski definition) is 1. The molecule has 4 aromatic rings. The molecule has 1 aromatic carbocycles. The third kappa shape index (κ3) is 4.50. The van der Waals surface area contributed by atoms with Crippen LogP contribution in [0.5, 0.6) is 0 Å². The Labute approximate surface area is 203 Å². The second-order valence-corrected chi connectivity index (χ2v) is 12.2. The maximum absolute atomic E-state index is 12.7. The van der Waals surface area contributed by atoms with Crippen molar-refractivity contribution in [1.82, 2.24) is 19.5 Å². The number of nitrogens with one attached hydrogen (secondary N) is 1. The third-order valence-electron chi connectivity index (χ3n) is 5.72. The summed E-state index contributed by atoms with van der Waals surface area (Å²) in [5.41, 5.74) is 2.47. The van der Waals surface area contributed by atoms with Gasteiger partial charge in [0, 0.05) is 0 Å². The molecular formula is C24H22AsClN6O. The Hall–Kier alpha value is -3.20. The van der Waals surface area contributed by atoms with E-state index in [0.29, 0.717) is 5.69 Å². The molecule has 33 heavy (non-hydrogen) atoms. The number of nitrogens with zero attached hydrogens (tertiary/aromatic N) is 5. The van der Waals surface area contributed by atoms with Gasteiger partial charge in [0.15, 0.2) is 0 Å². The molecule has 7 nitrogen and oxygen atoms in total. The van der Waals surface area contributed by atoms with E-state index in [9.17, 15) is 10.1 Å². The van der Waals surface area contributed by atoms with Crippen LogP contribution in [0.3, 0.4) is 0 Å². The van der Waals surface area contributed by atoms with Crippen LogP contribution in [0.15, 0.2) is 59.8 Å². The number of aromatic nitrogens is 4. The molecule has 1 N–H and O–H groups in total. The van der Waals surface area contributed by atoms with E-state index in [1.807, 2.05) is 24.3 Å². The van der Waals surface area contributed by atoms with Gasteiger partial charge in [-0.05, 0) is 0 Å². The molecule has 9 heteroatoms. The average Bonchev–Trinajstić information content (AvgIpc) is 2.83. The van der Waals surface area contributed by atoms with E-state index in [4.69, 9.17) is 11.6 Å². The summed E-state index contributed by atoms with van der Waals surface area (Å²) in [7, 11) is 1.78. The monoisotopic (exact) mass is 520 g/mol. The zero-order valence-corrected chi connectivity index (χ0v) is 21.3. The number of pyridine rings is 2. The van der Waals surface area contributed by atoms with Crippen LogP contribution in [0.2, 0.25) is 5.15 Å². The molecule has 3 heterocycles. The topological polar surface area (TPSA) is 96.5 Å². The standard InChI is InChI=1S/C24H22AsClN6O/c1-4-24(2,23-29-9-5-10-30-23)25-18-13-21(33)32(3)20-7-6-15(12-16(18)20)31-19-8-11-28-22(26)17(19)14-27/h5-13,25H,4H2,1-3H3,(H,28,31). The molecular weight excluding hydrogens is 499 g/mol. The van der Waals surface area contributed by atoms with Crippen molar-refractivity contribution in [2.75, 3.05) is 5.32 Å². The Kier molecular flexibility index (Phi) is 6.51. The van der Waals surface area contributed by atoms with Gasteiger partial charge in [-0.3, -0.25) is 0 Å². The second-order valence-electron chi connectivity index (χ2n) is 7.83. The fraction of sp³-hybridized carbons (Fsp3) is 0.208. The molecule has 0 saturated heterocycles. The first-order valence-electron chi connectivity index (χ1n) is 10.4. The number of rotatable bonds is 6. The first kappa shape index (κ1) is 23.0. The van der Waals surface area contributed by atoms with Gasteiger partial charge in [0.2, 0.25) is 0 Å². The number of halogens is 1. The Morgan fingerprint density at radius 2 is 1.94 bits per heavy atom. The summed E-state index contributed by atoms with van der Waals surface area (Å²) < 4.78 is 2.49. The molecule has 0 bridgehead atoms. The molecule has 0 radical (unpaired) electrons. The maximum atomic E-state index is 12.7. The second kappa shape index (κ2) is 9.35. The predicted molar refractivity (Wildman–Crippen MR) is 133 cm³/mol. The van der Waals surface area contributed by atoms with Crippen molar-refractivity contribution in [2.45, 2.75) is 24.5 Å². The molecule has 0 amide bonds. The van der Waals surface area contributed by atoms with E-state index in [1.54, 1.807) is 42.3 Å². The number of fused-ring (bicyclic) bond motifs is 1. The van der Waals surface area contributed by atoms with Crippen molar-refractivity contribution < 1.29 is 0 Å². The zero-order valence-electron chi connectivity index (χ0n) is 18.4. The third-order valence-corrected chi connectivity index (χ3v) is 9.81. The Morgan fingerprint density at radius 1 is 1.18 bits per heavy atom. The van der Waals surface area contributed by atoms with E-state index in [1.165, 1.54) is 0 Å². The normalized spacial score (nSPS) is 13.2. The first-order valence-corrected chi connectivity index (χ1v) is 12.8. The minimum atomic E-state index is -0.845. The molecule has 2 unspecified atom stereocenters. The molecule has 0 aliphatic rings. The number of anilines is 2. The van der Waals surface area contributed by atoms with Crippen LogP contribution in [-0.2, 0) is 11.3 Å². The first-order chi connectivity index (χ1) is 15.9. The van der Waals surface area contributed by atoms with Crippen molar-refractivity contribution in [1.29, 1.82) is 5.26 Å². The number of nitriles is 1. The van der Waals surface area contributed by atoms with Gasteiger partial charge >= 0.3 is 204 Å². The van der Waals surface area contributed by atoms with E-state index >= 15 is 0 Å². The molecule has 3 aromatic heterocycles. The summed E-state index contributed by atoms with van der Waals surface area (Å²) >= 11 is 5.24. The molecule has 0 fully saturated rings. The van der Waals surface area contributed by atoms with Gasteiger partial charge in [-0.15, -0.1) is 0 Å². The quantitative estimate of drug-likeness (QED) is 0.309. The molecule has 4 rings (SSSR count). The van der Waals surface area contributed by atoms with E-state index in [-0.39, 0.29) is 20.5 Å². The SMILES string of the molecule is CCC(C)([AsH]c1cc(=O)n(C)c2ccc(Nc3ccnc(Cl)c3C#N)cc12)c1ncccn1. The zero-order chi connectivity index (χ0) is 23.6. The summed E-state index contributed by atoms with van der Waals surface area (Å²) in [5, 5.41) is 13.9. The molecule has 0 aliphatic heterocycles. The van der Waals surface area contributed by atoms with Crippen LogP contribution in [0.25, 0.3) is 10.9 Å². The summed E-state index contributed by atoms with van der Waals surface area (Å²) in [5.74, 6) is 0.806. The average molecular weight is 521 g/mol. The van der Waals surface area contributed by atoms with Crippen molar-refractivity contribution in [3.8, 4) is 6.07 Å². The van der Waals surface area contributed by atoms with Crippen LogP contribution in [0.4, 0.5) is 11.4 Å². The van der Waals surface area contributed by atoms with Gasteiger partial charge in [-0.1, -0.05) is 0 Å². The Balaban J connectivity index is 1.82. The summed E-state index contributed by atoms with van der Waals surface area (Å²) in [6.07, 6.45) is 5.95.